The van der Waals surface area contributed by atoms with Crippen molar-refractivity contribution in [2.24, 2.45) is 0 Å². The van der Waals surface area contributed by atoms with Crippen LogP contribution in [0.15, 0.2) is 35.7 Å². The lowest BCUT2D eigenvalue weighted by atomic mass is 10.2. The number of hydrogen-bond acceptors (Lipinski definition) is 4. The predicted molar refractivity (Wildman–Crippen MR) is 111 cm³/mol. The molecule has 0 amide bonds. The van der Waals surface area contributed by atoms with Crippen LogP contribution in [0.5, 0.6) is 0 Å². The number of aryl methyl sites for hydroxylation is 1. The van der Waals surface area contributed by atoms with Crippen LogP contribution < -0.4 is 4.90 Å². The first-order valence-corrected chi connectivity index (χ1v) is 11.6. The molecule has 7 nitrogen and oxygen atoms in total. The van der Waals surface area contributed by atoms with Gasteiger partial charge in [-0.1, -0.05) is 30.3 Å². The Labute approximate surface area is 170 Å². The number of sulfonamides is 1. The van der Waals surface area contributed by atoms with Gasteiger partial charge in [0.1, 0.15) is 5.82 Å². The first-order valence-electron chi connectivity index (χ1n) is 9.67. The third-order valence-corrected chi connectivity index (χ3v) is 7.32. The second-order valence-corrected chi connectivity index (χ2v) is 9.68. The molecule has 1 N–H and O–H groups in total. The van der Waals surface area contributed by atoms with Gasteiger partial charge in [-0.2, -0.15) is 14.1 Å². The number of nitrogens with one attached hydrogen (secondary N) is 1. The molecule has 0 radical (unpaired) electrons. The number of nitrogens with zero attached hydrogens (tertiary/aromatic N) is 4. The summed E-state index contributed by atoms with van der Waals surface area (Å²) < 4.78 is 31.6. The van der Waals surface area contributed by atoms with Crippen molar-refractivity contribution in [2.75, 3.05) is 26.2 Å². The minimum Gasteiger partial charge on any atom is -0.314 e. The molecule has 2 aromatic rings. The van der Waals surface area contributed by atoms with Crippen molar-refractivity contribution >= 4 is 28.3 Å². The Balaban J connectivity index is 1.36. The largest absolute Gasteiger partial charge is 0.314 e. The third kappa shape index (κ3) is 4.27. The highest BCUT2D eigenvalue weighted by Crippen LogP contribution is 2.35. The maximum atomic E-state index is 12.6. The second kappa shape index (κ2) is 7.90. The van der Waals surface area contributed by atoms with Crippen LogP contribution in [0.3, 0.4) is 0 Å². The fourth-order valence-electron chi connectivity index (χ4n) is 3.63. The van der Waals surface area contributed by atoms with E-state index in [1.807, 2.05) is 41.9 Å². The van der Waals surface area contributed by atoms with Gasteiger partial charge in [0.05, 0.1) is 26.2 Å². The Morgan fingerprint density at radius 1 is 1.21 bits per heavy atom. The number of aromatic nitrogens is 3. The summed E-state index contributed by atoms with van der Waals surface area (Å²) in [6.45, 7) is 5.20. The monoisotopic (exact) mass is 420 g/mol. The molecule has 1 aliphatic heterocycles. The summed E-state index contributed by atoms with van der Waals surface area (Å²) in [5, 5.41) is 5.92. The van der Waals surface area contributed by atoms with Gasteiger partial charge in [-0.25, -0.2) is 8.42 Å². The van der Waals surface area contributed by atoms with Gasteiger partial charge in [-0.15, -0.1) is 0 Å². The summed E-state index contributed by atoms with van der Waals surface area (Å²) in [6, 6.07) is 10.0. The molecule has 1 saturated carbocycles. The highest BCUT2D eigenvalue weighted by atomic mass is 32.2. The summed E-state index contributed by atoms with van der Waals surface area (Å²) >= 11 is 5.60. The first-order chi connectivity index (χ1) is 13.4. The van der Waals surface area contributed by atoms with Gasteiger partial charge in [0.25, 0.3) is 0 Å². The first kappa shape index (κ1) is 19.5. The highest BCUT2D eigenvalue weighted by Gasteiger charge is 2.30. The number of piperazine rings is 1. The molecule has 1 aromatic heterocycles. The van der Waals surface area contributed by atoms with Crippen molar-refractivity contribution < 1.29 is 13.3 Å². The van der Waals surface area contributed by atoms with E-state index in [9.17, 15) is 8.42 Å². The lowest BCUT2D eigenvalue weighted by Gasteiger charge is -2.30. The average Bonchev–Trinajstić information content (AvgIpc) is 3.48. The van der Waals surface area contributed by atoms with Crippen molar-refractivity contribution in [1.29, 1.82) is 0 Å². The van der Waals surface area contributed by atoms with E-state index in [1.165, 1.54) is 23.1 Å². The van der Waals surface area contributed by atoms with E-state index in [0.717, 1.165) is 29.2 Å². The molecule has 0 unspecified atom stereocenters. The van der Waals surface area contributed by atoms with Gasteiger partial charge < -0.3 is 9.47 Å². The molecule has 1 aliphatic carbocycles. The van der Waals surface area contributed by atoms with E-state index in [2.05, 4.69) is 9.67 Å². The number of rotatable bonds is 6. The molecule has 0 atom stereocenters. The number of benzene rings is 1. The maximum absolute atomic E-state index is 12.6. The molecular formula is C19H26N5O2S2+. The van der Waals surface area contributed by atoms with Gasteiger partial charge in [-0.3, -0.25) is 0 Å². The minimum atomic E-state index is -3.40. The summed E-state index contributed by atoms with van der Waals surface area (Å²) in [4.78, 5) is 1.30. The standard InChI is InChI=1S/C19H25N5O2S2/c1-16-20-23(19(27)24(16)18-7-8-18)15-21-10-12-22(13-11-21)28(25,26)14-9-17-5-3-2-4-6-17/h2-6,9,14,18H,7-8,10-13,15H2,1H3/p+1/b14-9+. The van der Waals surface area contributed by atoms with Crippen molar-refractivity contribution in [3.8, 4) is 0 Å². The smallest absolute Gasteiger partial charge is 0.236 e. The van der Waals surface area contributed by atoms with Gasteiger partial charge in [0, 0.05) is 11.4 Å². The van der Waals surface area contributed by atoms with E-state index in [0.29, 0.717) is 25.8 Å². The van der Waals surface area contributed by atoms with Crippen LogP contribution in [0, 0.1) is 11.7 Å². The number of quaternary nitrogens is 1. The normalized spacial score (nSPS) is 19.5. The summed E-state index contributed by atoms with van der Waals surface area (Å²) in [7, 11) is -3.40. The Morgan fingerprint density at radius 3 is 2.54 bits per heavy atom. The molecule has 150 valence electrons. The van der Waals surface area contributed by atoms with Gasteiger partial charge in [0.15, 0.2) is 6.67 Å². The van der Waals surface area contributed by atoms with Crippen LogP contribution in [-0.4, -0.2) is 53.2 Å². The maximum Gasteiger partial charge on any atom is 0.236 e. The van der Waals surface area contributed by atoms with E-state index in [-0.39, 0.29) is 0 Å². The second-order valence-electron chi connectivity index (χ2n) is 7.50. The Hall–Kier alpha value is -1.81. The van der Waals surface area contributed by atoms with E-state index < -0.39 is 10.0 Å². The van der Waals surface area contributed by atoms with Crippen LogP contribution in [0.1, 0.15) is 30.3 Å². The molecule has 2 fully saturated rings. The lowest BCUT2D eigenvalue weighted by Crippen LogP contribution is -3.14. The molecule has 1 aromatic carbocycles. The summed E-state index contributed by atoms with van der Waals surface area (Å²) in [5.41, 5.74) is 0.881. The van der Waals surface area contributed by atoms with E-state index in [1.54, 1.807) is 10.4 Å². The van der Waals surface area contributed by atoms with E-state index >= 15 is 0 Å². The Bertz CT molecular complexity index is 1010. The van der Waals surface area contributed by atoms with Gasteiger partial charge in [0.2, 0.25) is 14.8 Å². The molecule has 2 aliphatic rings. The molecule has 28 heavy (non-hydrogen) atoms. The fourth-order valence-corrected chi connectivity index (χ4v) is 5.21. The topological polar surface area (TPSA) is 64.6 Å². The van der Waals surface area contributed by atoms with Crippen molar-refractivity contribution in [1.82, 2.24) is 18.7 Å². The average molecular weight is 421 g/mol. The van der Waals surface area contributed by atoms with Crippen molar-refractivity contribution in [3.63, 3.8) is 0 Å². The Kier molecular flexibility index (Phi) is 5.50. The molecule has 0 spiro atoms. The van der Waals surface area contributed by atoms with Crippen LogP contribution in [-0.2, 0) is 16.7 Å². The van der Waals surface area contributed by atoms with Crippen LogP contribution in [0.4, 0.5) is 0 Å². The zero-order chi connectivity index (χ0) is 19.7. The SMILES string of the molecule is Cc1nn(C[NH+]2CCN(S(=O)(=O)/C=C/c3ccccc3)CC2)c(=S)n1C1CC1. The predicted octanol–water partition coefficient (Wildman–Crippen LogP) is 1.22. The Morgan fingerprint density at radius 2 is 1.89 bits per heavy atom. The minimum absolute atomic E-state index is 0.506. The van der Waals surface area contributed by atoms with Crippen molar-refractivity contribution in [3.05, 3.63) is 51.9 Å². The van der Waals surface area contributed by atoms with Crippen LogP contribution in [0.2, 0.25) is 0 Å². The van der Waals surface area contributed by atoms with E-state index in [4.69, 9.17) is 12.2 Å². The molecule has 1 saturated heterocycles. The molecule has 0 bridgehead atoms. The molecule has 2 heterocycles. The zero-order valence-electron chi connectivity index (χ0n) is 16.0. The van der Waals surface area contributed by atoms with Crippen LogP contribution in [0.25, 0.3) is 6.08 Å². The third-order valence-electron chi connectivity index (χ3n) is 5.35. The van der Waals surface area contributed by atoms with Crippen molar-refractivity contribution in [2.45, 2.75) is 32.5 Å². The summed E-state index contributed by atoms with van der Waals surface area (Å²) in [5.74, 6) is 0.971. The van der Waals surface area contributed by atoms with Gasteiger partial charge in [-0.05, 0) is 43.6 Å². The van der Waals surface area contributed by atoms with Crippen LogP contribution >= 0.6 is 12.2 Å². The molecule has 9 heteroatoms. The zero-order valence-corrected chi connectivity index (χ0v) is 17.6. The lowest BCUT2D eigenvalue weighted by molar-refractivity contribution is -0.926. The quantitative estimate of drug-likeness (QED) is 0.714. The highest BCUT2D eigenvalue weighted by molar-refractivity contribution is 7.92. The molecule has 4 rings (SSSR count). The fraction of sp³-hybridized carbons (Fsp3) is 0.474. The number of hydrogen-bond donors (Lipinski definition) is 1. The summed E-state index contributed by atoms with van der Waals surface area (Å²) in [6.07, 6.45) is 4.02. The van der Waals surface area contributed by atoms with Gasteiger partial charge >= 0.3 is 0 Å². The molecular weight excluding hydrogens is 394 g/mol.